The van der Waals surface area contributed by atoms with Crippen molar-refractivity contribution >= 4 is 21.8 Å². The minimum atomic E-state index is -3.64. The molecular weight excluding hydrogens is 318 g/mol. The number of benzene rings is 1. The third kappa shape index (κ3) is 2.05. The quantitative estimate of drug-likeness (QED) is 0.754. The van der Waals surface area contributed by atoms with E-state index in [4.69, 9.17) is 0 Å². The molecular formula is C15H17N3O4S. The zero-order chi connectivity index (χ0) is 16.4. The summed E-state index contributed by atoms with van der Waals surface area (Å²) in [5, 5.41) is 3.28. The van der Waals surface area contributed by atoms with E-state index < -0.39 is 21.8 Å². The van der Waals surface area contributed by atoms with E-state index in [1.807, 2.05) is 0 Å². The molecule has 122 valence electrons. The van der Waals surface area contributed by atoms with Gasteiger partial charge < -0.3 is 5.32 Å². The molecule has 3 heterocycles. The number of nitrogens with one attached hydrogen (secondary N) is 1. The van der Waals surface area contributed by atoms with Crippen LogP contribution >= 0.6 is 0 Å². The molecule has 7 nitrogen and oxygen atoms in total. The van der Waals surface area contributed by atoms with Crippen molar-refractivity contribution in [2.45, 2.75) is 4.90 Å². The summed E-state index contributed by atoms with van der Waals surface area (Å²) >= 11 is 0. The van der Waals surface area contributed by atoms with Crippen molar-refractivity contribution in [2.24, 2.45) is 11.8 Å². The molecule has 3 aliphatic heterocycles. The predicted octanol–water partition coefficient (Wildman–Crippen LogP) is -0.248. The van der Waals surface area contributed by atoms with Crippen LogP contribution in [0.5, 0.6) is 0 Å². The Hall–Kier alpha value is -1.77. The Morgan fingerprint density at radius 3 is 2.30 bits per heavy atom. The van der Waals surface area contributed by atoms with E-state index in [2.05, 4.69) is 5.32 Å². The number of hydrogen-bond donors (Lipinski definition) is 1. The number of carbonyl (C=O) groups is 2. The van der Waals surface area contributed by atoms with Crippen LogP contribution in [-0.2, 0) is 10.0 Å². The van der Waals surface area contributed by atoms with E-state index >= 15 is 0 Å². The molecule has 1 N–H and O–H groups in total. The van der Waals surface area contributed by atoms with Crippen molar-refractivity contribution in [3.8, 4) is 0 Å². The number of carbonyl (C=O) groups excluding carboxylic acids is 2. The van der Waals surface area contributed by atoms with Gasteiger partial charge in [-0.3, -0.25) is 14.5 Å². The lowest BCUT2D eigenvalue weighted by Gasteiger charge is -2.17. The highest BCUT2D eigenvalue weighted by Crippen LogP contribution is 2.32. The third-order valence-corrected chi connectivity index (χ3v) is 6.88. The van der Waals surface area contributed by atoms with Gasteiger partial charge in [0.05, 0.1) is 16.0 Å². The van der Waals surface area contributed by atoms with Crippen molar-refractivity contribution in [1.82, 2.24) is 14.5 Å². The van der Waals surface area contributed by atoms with Gasteiger partial charge in [0.15, 0.2) is 0 Å². The Bertz CT molecular complexity index is 808. The molecule has 8 heteroatoms. The fourth-order valence-corrected chi connectivity index (χ4v) is 5.24. The molecule has 0 unspecified atom stereocenters. The van der Waals surface area contributed by atoms with Gasteiger partial charge in [-0.2, -0.15) is 4.31 Å². The Balaban J connectivity index is 1.69. The van der Waals surface area contributed by atoms with Crippen molar-refractivity contribution in [1.29, 1.82) is 0 Å². The molecule has 1 aromatic carbocycles. The average Bonchev–Trinajstić information content (AvgIpc) is 3.18. The molecule has 4 rings (SSSR count). The fraction of sp³-hybridized carbons (Fsp3) is 0.467. The minimum Gasteiger partial charge on any atom is -0.316 e. The lowest BCUT2D eigenvalue weighted by molar-refractivity contribution is 0.0693. The first-order valence-corrected chi connectivity index (χ1v) is 9.01. The number of rotatable bonds is 2. The van der Waals surface area contributed by atoms with Crippen LogP contribution in [0, 0.1) is 11.8 Å². The molecule has 0 spiro atoms. The van der Waals surface area contributed by atoms with Gasteiger partial charge in [0.1, 0.15) is 0 Å². The van der Waals surface area contributed by atoms with Gasteiger partial charge in [-0.05, 0) is 43.1 Å². The second-order valence-corrected chi connectivity index (χ2v) is 8.32. The second kappa shape index (κ2) is 4.86. The molecule has 0 radical (unpaired) electrons. The minimum absolute atomic E-state index is 0.0839. The summed E-state index contributed by atoms with van der Waals surface area (Å²) < 4.78 is 27.2. The summed E-state index contributed by atoms with van der Waals surface area (Å²) in [5.41, 5.74) is 0.429. The molecule has 2 fully saturated rings. The highest BCUT2D eigenvalue weighted by molar-refractivity contribution is 7.89. The summed E-state index contributed by atoms with van der Waals surface area (Å²) in [6.45, 7) is 2.70. The van der Waals surface area contributed by atoms with E-state index in [0.717, 1.165) is 18.0 Å². The number of amides is 2. The van der Waals surface area contributed by atoms with Gasteiger partial charge in [-0.25, -0.2) is 8.42 Å². The summed E-state index contributed by atoms with van der Waals surface area (Å²) in [5.74, 6) is -0.137. The highest BCUT2D eigenvalue weighted by Gasteiger charge is 2.42. The maximum Gasteiger partial charge on any atom is 0.261 e. The Kier molecular flexibility index (Phi) is 3.13. The number of nitrogens with zero attached hydrogens (tertiary/aromatic N) is 2. The Morgan fingerprint density at radius 2 is 1.65 bits per heavy atom. The van der Waals surface area contributed by atoms with Crippen LogP contribution in [0.1, 0.15) is 20.7 Å². The van der Waals surface area contributed by atoms with E-state index in [1.165, 1.54) is 29.6 Å². The number of imide groups is 1. The van der Waals surface area contributed by atoms with Crippen molar-refractivity contribution in [2.75, 3.05) is 33.2 Å². The molecule has 23 heavy (non-hydrogen) atoms. The largest absolute Gasteiger partial charge is 0.316 e. The van der Waals surface area contributed by atoms with Crippen LogP contribution in [0.2, 0.25) is 0 Å². The van der Waals surface area contributed by atoms with Gasteiger partial charge >= 0.3 is 0 Å². The van der Waals surface area contributed by atoms with Crippen LogP contribution in [-0.4, -0.2) is 62.7 Å². The third-order valence-electron chi connectivity index (χ3n) is 5.05. The van der Waals surface area contributed by atoms with E-state index in [0.29, 0.717) is 24.9 Å². The van der Waals surface area contributed by atoms with E-state index in [1.54, 1.807) is 0 Å². The molecule has 0 aliphatic carbocycles. The zero-order valence-electron chi connectivity index (χ0n) is 12.7. The SMILES string of the molecule is CN1C(=O)c2ccc(S(=O)(=O)N3C[C@H]4CNC[C@H]4C3)cc2C1=O. The Morgan fingerprint density at radius 1 is 1.04 bits per heavy atom. The lowest BCUT2D eigenvalue weighted by Crippen LogP contribution is -2.32. The summed E-state index contributed by atoms with van der Waals surface area (Å²) in [6.07, 6.45) is 0. The predicted molar refractivity (Wildman–Crippen MR) is 81.5 cm³/mol. The van der Waals surface area contributed by atoms with Crippen molar-refractivity contribution in [3.05, 3.63) is 29.3 Å². The molecule has 0 bridgehead atoms. The molecule has 2 saturated heterocycles. The summed E-state index contributed by atoms with van der Waals surface area (Å²) in [7, 11) is -2.24. The normalized spacial score (nSPS) is 27.6. The number of fused-ring (bicyclic) bond motifs is 2. The topological polar surface area (TPSA) is 86.8 Å². The van der Waals surface area contributed by atoms with Crippen LogP contribution in [0.3, 0.4) is 0 Å². The molecule has 2 atom stereocenters. The molecule has 0 aromatic heterocycles. The van der Waals surface area contributed by atoms with E-state index in [9.17, 15) is 18.0 Å². The maximum atomic E-state index is 12.8. The van der Waals surface area contributed by atoms with Crippen molar-refractivity contribution in [3.63, 3.8) is 0 Å². The van der Waals surface area contributed by atoms with Gasteiger partial charge in [0.25, 0.3) is 11.8 Å². The van der Waals surface area contributed by atoms with Crippen molar-refractivity contribution < 1.29 is 18.0 Å². The summed E-state index contributed by atoms with van der Waals surface area (Å²) in [4.78, 5) is 25.0. The van der Waals surface area contributed by atoms with Crippen LogP contribution in [0.25, 0.3) is 0 Å². The van der Waals surface area contributed by atoms with Gasteiger partial charge in [0.2, 0.25) is 10.0 Å². The van der Waals surface area contributed by atoms with Gasteiger partial charge in [-0.15, -0.1) is 0 Å². The monoisotopic (exact) mass is 335 g/mol. The first-order valence-electron chi connectivity index (χ1n) is 7.57. The van der Waals surface area contributed by atoms with Gasteiger partial charge in [-0.1, -0.05) is 0 Å². The number of sulfonamides is 1. The fourth-order valence-electron chi connectivity index (χ4n) is 3.66. The smallest absolute Gasteiger partial charge is 0.261 e. The van der Waals surface area contributed by atoms with Crippen LogP contribution < -0.4 is 5.32 Å². The molecule has 1 aromatic rings. The first kappa shape index (κ1) is 14.8. The average molecular weight is 335 g/mol. The molecule has 3 aliphatic rings. The molecule has 0 saturated carbocycles. The maximum absolute atomic E-state index is 12.8. The van der Waals surface area contributed by atoms with Crippen LogP contribution in [0.15, 0.2) is 23.1 Å². The Labute approximate surface area is 134 Å². The molecule has 2 amide bonds. The lowest BCUT2D eigenvalue weighted by atomic mass is 10.0. The first-order chi connectivity index (χ1) is 10.9. The number of hydrogen-bond acceptors (Lipinski definition) is 5. The standard InChI is InChI=1S/C15H17N3O4S/c1-17-14(19)12-3-2-11(4-13(12)15(17)20)23(21,22)18-7-9-5-16-6-10(9)8-18/h2-4,9-10,16H,5-8H2,1H3/t9-,10+. The summed E-state index contributed by atoms with van der Waals surface area (Å²) in [6, 6.07) is 4.19. The van der Waals surface area contributed by atoms with Gasteiger partial charge in [0, 0.05) is 20.1 Å². The second-order valence-electron chi connectivity index (χ2n) is 6.38. The van der Waals surface area contributed by atoms with E-state index in [-0.39, 0.29) is 16.0 Å². The zero-order valence-corrected chi connectivity index (χ0v) is 13.5. The van der Waals surface area contributed by atoms with Crippen LogP contribution in [0.4, 0.5) is 0 Å². The highest BCUT2D eigenvalue weighted by atomic mass is 32.2.